The molecule has 0 saturated heterocycles. The maximum absolute atomic E-state index is 5.14. The summed E-state index contributed by atoms with van der Waals surface area (Å²) in [5.74, 6) is 0.860. The van der Waals surface area contributed by atoms with E-state index in [0.717, 1.165) is 22.8 Å². The predicted octanol–water partition coefficient (Wildman–Crippen LogP) is 3.26. The second-order valence-corrected chi connectivity index (χ2v) is 4.74. The number of nitrogens with one attached hydrogen (secondary N) is 1. The Morgan fingerprint density at radius 3 is 2.70 bits per heavy atom. The predicted molar refractivity (Wildman–Crippen MR) is 80.2 cm³/mol. The first kappa shape index (κ1) is 12.5. The number of methoxy groups -OCH3 is 1. The Kier molecular flexibility index (Phi) is 3.29. The Morgan fingerprint density at radius 1 is 1.20 bits per heavy atom. The van der Waals surface area contributed by atoms with Crippen molar-refractivity contribution < 1.29 is 4.74 Å². The monoisotopic (exact) mass is 267 g/mol. The Hall–Kier alpha value is -2.49. The van der Waals surface area contributed by atoms with E-state index in [1.807, 2.05) is 36.5 Å². The van der Waals surface area contributed by atoms with Gasteiger partial charge in [0.25, 0.3) is 0 Å². The first-order valence-electron chi connectivity index (χ1n) is 6.57. The van der Waals surface area contributed by atoms with Crippen LogP contribution in [0.3, 0.4) is 0 Å². The molecule has 0 radical (unpaired) electrons. The highest BCUT2D eigenvalue weighted by atomic mass is 16.5. The van der Waals surface area contributed by atoms with E-state index in [1.54, 1.807) is 7.11 Å². The van der Waals surface area contributed by atoms with Crippen LogP contribution in [0.1, 0.15) is 11.3 Å². The van der Waals surface area contributed by atoms with Gasteiger partial charge in [-0.15, -0.1) is 0 Å². The van der Waals surface area contributed by atoms with Gasteiger partial charge in [0.15, 0.2) is 0 Å². The van der Waals surface area contributed by atoms with Gasteiger partial charge in [-0.2, -0.15) is 0 Å². The standard InChI is InChI=1S/C16H17N3O/c1-12-4-3-9-19-11-14(18-16(12)19)10-17-13-5-7-15(20-2)8-6-13/h3-9,11,17H,10H2,1-2H3. The van der Waals surface area contributed by atoms with Crippen molar-refractivity contribution in [2.75, 3.05) is 12.4 Å². The quantitative estimate of drug-likeness (QED) is 0.788. The molecule has 0 aliphatic heterocycles. The molecule has 0 fully saturated rings. The smallest absolute Gasteiger partial charge is 0.140 e. The van der Waals surface area contributed by atoms with Crippen LogP contribution in [-0.4, -0.2) is 16.5 Å². The molecule has 0 bridgehead atoms. The van der Waals surface area contributed by atoms with Crippen molar-refractivity contribution in [3.63, 3.8) is 0 Å². The molecule has 3 aromatic rings. The first-order valence-corrected chi connectivity index (χ1v) is 6.57. The van der Waals surface area contributed by atoms with Gasteiger partial charge < -0.3 is 14.5 Å². The zero-order valence-electron chi connectivity index (χ0n) is 11.6. The summed E-state index contributed by atoms with van der Waals surface area (Å²) < 4.78 is 7.20. The van der Waals surface area contributed by atoms with Crippen LogP contribution in [0.25, 0.3) is 5.65 Å². The van der Waals surface area contributed by atoms with E-state index in [2.05, 4.69) is 33.9 Å². The summed E-state index contributed by atoms with van der Waals surface area (Å²) in [4.78, 5) is 4.64. The average Bonchev–Trinajstić information content (AvgIpc) is 2.90. The molecular formula is C16H17N3O. The van der Waals surface area contributed by atoms with Gasteiger partial charge in [0, 0.05) is 18.1 Å². The number of aromatic nitrogens is 2. The number of pyridine rings is 1. The van der Waals surface area contributed by atoms with Crippen molar-refractivity contribution in [2.24, 2.45) is 0 Å². The van der Waals surface area contributed by atoms with Gasteiger partial charge in [-0.3, -0.25) is 0 Å². The zero-order chi connectivity index (χ0) is 13.9. The number of rotatable bonds is 4. The second-order valence-electron chi connectivity index (χ2n) is 4.74. The van der Waals surface area contributed by atoms with Gasteiger partial charge in [-0.05, 0) is 42.8 Å². The lowest BCUT2D eigenvalue weighted by Crippen LogP contribution is -1.99. The number of benzene rings is 1. The summed E-state index contributed by atoms with van der Waals surface area (Å²) in [6.07, 6.45) is 4.07. The van der Waals surface area contributed by atoms with Crippen molar-refractivity contribution >= 4 is 11.3 Å². The third-order valence-corrected chi connectivity index (χ3v) is 3.29. The van der Waals surface area contributed by atoms with Crippen LogP contribution < -0.4 is 10.1 Å². The number of anilines is 1. The Bertz CT molecular complexity index is 716. The summed E-state index contributed by atoms with van der Waals surface area (Å²) in [6.45, 7) is 2.77. The number of fused-ring (bicyclic) bond motifs is 1. The third kappa shape index (κ3) is 2.45. The van der Waals surface area contributed by atoms with Gasteiger partial charge >= 0.3 is 0 Å². The summed E-state index contributed by atoms with van der Waals surface area (Å²) in [7, 11) is 1.67. The van der Waals surface area contributed by atoms with Gasteiger partial charge in [0.1, 0.15) is 11.4 Å². The third-order valence-electron chi connectivity index (χ3n) is 3.29. The maximum atomic E-state index is 5.14. The lowest BCUT2D eigenvalue weighted by atomic mass is 10.3. The lowest BCUT2D eigenvalue weighted by Gasteiger charge is -2.05. The van der Waals surface area contributed by atoms with Crippen LogP contribution >= 0.6 is 0 Å². The SMILES string of the molecule is COc1ccc(NCc2cn3cccc(C)c3n2)cc1. The molecule has 2 heterocycles. The van der Waals surface area contributed by atoms with E-state index in [4.69, 9.17) is 4.74 Å². The van der Waals surface area contributed by atoms with E-state index < -0.39 is 0 Å². The van der Waals surface area contributed by atoms with Crippen LogP contribution in [0.15, 0.2) is 48.8 Å². The molecule has 4 heteroatoms. The number of hydrogen-bond acceptors (Lipinski definition) is 3. The Balaban J connectivity index is 1.74. The van der Waals surface area contributed by atoms with Crippen molar-refractivity contribution in [2.45, 2.75) is 13.5 Å². The molecular weight excluding hydrogens is 250 g/mol. The van der Waals surface area contributed by atoms with Crippen LogP contribution in [-0.2, 0) is 6.54 Å². The van der Waals surface area contributed by atoms with E-state index in [-0.39, 0.29) is 0 Å². The molecule has 20 heavy (non-hydrogen) atoms. The number of nitrogens with zero attached hydrogens (tertiary/aromatic N) is 2. The molecule has 0 aliphatic carbocycles. The highest BCUT2D eigenvalue weighted by Gasteiger charge is 2.03. The Labute approximate surface area is 118 Å². The van der Waals surface area contributed by atoms with Gasteiger partial charge in [-0.1, -0.05) is 6.07 Å². The molecule has 102 valence electrons. The molecule has 1 aromatic carbocycles. The molecule has 0 saturated carbocycles. The highest BCUT2D eigenvalue weighted by Crippen LogP contribution is 2.16. The van der Waals surface area contributed by atoms with E-state index >= 15 is 0 Å². The molecule has 0 atom stereocenters. The largest absolute Gasteiger partial charge is 0.497 e. The van der Waals surface area contributed by atoms with Crippen LogP contribution in [0.5, 0.6) is 5.75 Å². The summed E-state index contributed by atoms with van der Waals surface area (Å²) >= 11 is 0. The maximum Gasteiger partial charge on any atom is 0.140 e. The minimum absolute atomic E-state index is 0.702. The summed E-state index contributed by atoms with van der Waals surface area (Å²) in [5, 5.41) is 3.36. The molecule has 1 N–H and O–H groups in total. The average molecular weight is 267 g/mol. The van der Waals surface area contributed by atoms with E-state index in [0.29, 0.717) is 6.54 Å². The van der Waals surface area contributed by atoms with Gasteiger partial charge in [-0.25, -0.2) is 4.98 Å². The zero-order valence-corrected chi connectivity index (χ0v) is 11.6. The van der Waals surface area contributed by atoms with Crippen molar-refractivity contribution in [3.8, 4) is 5.75 Å². The van der Waals surface area contributed by atoms with Crippen LogP contribution in [0, 0.1) is 6.92 Å². The fourth-order valence-electron chi connectivity index (χ4n) is 2.19. The van der Waals surface area contributed by atoms with E-state index in [1.165, 1.54) is 5.56 Å². The highest BCUT2D eigenvalue weighted by molar-refractivity contribution is 5.49. The first-order chi connectivity index (χ1) is 9.76. The second kappa shape index (κ2) is 5.25. The van der Waals surface area contributed by atoms with Crippen molar-refractivity contribution in [3.05, 3.63) is 60.0 Å². The van der Waals surface area contributed by atoms with Gasteiger partial charge in [0.2, 0.25) is 0 Å². The molecule has 0 aliphatic rings. The van der Waals surface area contributed by atoms with Crippen LogP contribution in [0.4, 0.5) is 5.69 Å². The minimum atomic E-state index is 0.702. The molecule has 4 nitrogen and oxygen atoms in total. The normalized spacial score (nSPS) is 10.7. The molecule has 0 unspecified atom stereocenters. The van der Waals surface area contributed by atoms with Crippen molar-refractivity contribution in [1.82, 2.24) is 9.38 Å². The van der Waals surface area contributed by atoms with Crippen molar-refractivity contribution in [1.29, 1.82) is 0 Å². The number of aryl methyl sites for hydroxylation is 1. The number of imidazole rings is 1. The van der Waals surface area contributed by atoms with Gasteiger partial charge in [0.05, 0.1) is 19.3 Å². The lowest BCUT2D eigenvalue weighted by molar-refractivity contribution is 0.415. The topological polar surface area (TPSA) is 38.6 Å². The molecule has 3 rings (SSSR count). The summed E-state index contributed by atoms with van der Waals surface area (Å²) in [5.41, 5.74) is 4.27. The van der Waals surface area contributed by atoms with E-state index in [9.17, 15) is 0 Å². The molecule has 0 amide bonds. The molecule has 0 spiro atoms. The molecule has 2 aromatic heterocycles. The minimum Gasteiger partial charge on any atom is -0.497 e. The summed E-state index contributed by atoms with van der Waals surface area (Å²) in [6, 6.07) is 12.0. The van der Waals surface area contributed by atoms with Crippen LogP contribution in [0.2, 0.25) is 0 Å². The number of hydrogen-bond donors (Lipinski definition) is 1. The Morgan fingerprint density at radius 2 is 2.00 bits per heavy atom. The number of ether oxygens (including phenoxy) is 1. The fraction of sp³-hybridized carbons (Fsp3) is 0.188. The fourth-order valence-corrected chi connectivity index (χ4v) is 2.19.